The molecule has 0 saturated carbocycles. The number of rotatable bonds is 10. The maximum absolute atomic E-state index is 13.2. The van der Waals surface area contributed by atoms with Gasteiger partial charge in [0.1, 0.15) is 5.82 Å². The van der Waals surface area contributed by atoms with E-state index in [0.717, 1.165) is 57.1 Å². The Kier molecular flexibility index (Phi) is 12.5. The van der Waals surface area contributed by atoms with E-state index in [-0.39, 0.29) is 11.8 Å². The molecule has 5 rings (SSSR count). The number of halogens is 3. The number of ether oxygens (including phenoxy) is 4. The molecule has 2 aliphatic heterocycles. The number of amides is 1. The van der Waals surface area contributed by atoms with Gasteiger partial charge in [0, 0.05) is 62.4 Å². The Bertz CT molecular complexity index is 1510. The second-order valence-electron chi connectivity index (χ2n) is 10.9. The lowest BCUT2D eigenvalue weighted by Gasteiger charge is -2.33. The van der Waals surface area contributed by atoms with Gasteiger partial charge in [-0.15, -0.1) is 0 Å². The van der Waals surface area contributed by atoms with Crippen molar-refractivity contribution in [1.29, 1.82) is 0 Å². The number of hydrogen-bond donors (Lipinski definition) is 3. The number of piperidine rings is 1. The van der Waals surface area contributed by atoms with Crippen LogP contribution in [0.5, 0.6) is 17.2 Å². The van der Waals surface area contributed by atoms with Crippen molar-refractivity contribution in [2.75, 3.05) is 75.8 Å². The summed E-state index contributed by atoms with van der Waals surface area (Å²) in [6, 6.07) is 13.8. The van der Waals surface area contributed by atoms with Gasteiger partial charge in [-0.3, -0.25) is 4.79 Å². The lowest BCUT2D eigenvalue weighted by atomic mass is 9.97. The van der Waals surface area contributed by atoms with Crippen LogP contribution in [0.3, 0.4) is 0 Å². The van der Waals surface area contributed by atoms with Gasteiger partial charge in [-0.1, -0.05) is 12.1 Å². The van der Waals surface area contributed by atoms with Crippen molar-refractivity contribution < 1.29 is 46.8 Å². The predicted molar refractivity (Wildman–Crippen MR) is 171 cm³/mol. The molecule has 0 aliphatic carbocycles. The molecule has 1 atom stereocenters. The first-order valence-corrected chi connectivity index (χ1v) is 15.2. The number of morpholine rings is 1. The average Bonchev–Trinajstić information content (AvgIpc) is 3.10. The first-order chi connectivity index (χ1) is 23.0. The van der Waals surface area contributed by atoms with E-state index in [0.29, 0.717) is 42.0 Å². The van der Waals surface area contributed by atoms with E-state index in [1.807, 2.05) is 12.1 Å². The van der Waals surface area contributed by atoms with Crippen LogP contribution in [-0.4, -0.2) is 93.8 Å². The van der Waals surface area contributed by atoms with Crippen LogP contribution < -0.4 is 34.6 Å². The highest BCUT2D eigenvalue weighted by atomic mass is 19.4. The molecule has 2 fully saturated rings. The zero-order valence-corrected chi connectivity index (χ0v) is 26.9. The van der Waals surface area contributed by atoms with E-state index in [9.17, 15) is 18.0 Å². The van der Waals surface area contributed by atoms with E-state index in [2.05, 4.69) is 43.6 Å². The number of alkyl halides is 3. The van der Waals surface area contributed by atoms with E-state index in [1.54, 1.807) is 39.7 Å². The van der Waals surface area contributed by atoms with Gasteiger partial charge in [0.15, 0.2) is 11.5 Å². The van der Waals surface area contributed by atoms with Gasteiger partial charge in [0.05, 0.1) is 40.5 Å². The number of benzene rings is 2. The number of carbonyl (C=O) groups is 2. The lowest BCUT2D eigenvalue weighted by Crippen LogP contribution is -2.43. The van der Waals surface area contributed by atoms with Gasteiger partial charge < -0.3 is 44.5 Å². The minimum atomic E-state index is -5.08. The molecule has 260 valence electrons. The molecule has 16 heteroatoms. The third-order valence-electron chi connectivity index (χ3n) is 7.67. The molecule has 0 unspecified atom stereocenters. The van der Waals surface area contributed by atoms with Crippen molar-refractivity contribution in [3.8, 4) is 17.2 Å². The summed E-state index contributed by atoms with van der Waals surface area (Å²) in [5.41, 5.74) is 2.96. The highest BCUT2D eigenvalue weighted by molar-refractivity contribution is 5.79. The van der Waals surface area contributed by atoms with Crippen molar-refractivity contribution in [2.45, 2.75) is 25.6 Å². The molecule has 3 heterocycles. The average molecular weight is 677 g/mol. The summed E-state index contributed by atoms with van der Waals surface area (Å²) in [6.07, 6.45) is -1.62. The number of nitrogens with one attached hydrogen (secondary N) is 2. The molecular formula is C32H39F3N6O7. The molecule has 0 bridgehead atoms. The zero-order valence-electron chi connectivity index (χ0n) is 26.9. The number of carboxylic acid groups (broad SMARTS) is 1. The summed E-state index contributed by atoms with van der Waals surface area (Å²) in [5, 5.41) is 13.5. The fourth-order valence-electron chi connectivity index (χ4n) is 5.29. The summed E-state index contributed by atoms with van der Waals surface area (Å²) in [5.74, 6) is -0.0327. The molecular weight excluding hydrogens is 637 g/mol. The van der Waals surface area contributed by atoms with Gasteiger partial charge in [-0.2, -0.15) is 18.2 Å². The highest BCUT2D eigenvalue weighted by Crippen LogP contribution is 2.40. The molecule has 1 aromatic heterocycles. The Hall–Kier alpha value is -4.99. The molecule has 48 heavy (non-hydrogen) atoms. The molecule has 13 nitrogen and oxygen atoms in total. The third kappa shape index (κ3) is 9.76. The number of anilines is 4. The van der Waals surface area contributed by atoms with Gasteiger partial charge >= 0.3 is 12.1 Å². The van der Waals surface area contributed by atoms with Crippen molar-refractivity contribution in [3.63, 3.8) is 0 Å². The van der Waals surface area contributed by atoms with Crippen LogP contribution >= 0.6 is 0 Å². The largest absolute Gasteiger partial charge is 0.493 e. The van der Waals surface area contributed by atoms with E-state index in [1.165, 1.54) is 5.69 Å². The SMILES string of the molecule is COc1cc(Nc2nccc(N3CCC[C@H](C(=O)NCc4cccc(N5CCOCC5)c4)C3)n2)cc(OC)c1OC.O=C(O)C(F)(F)F. The minimum Gasteiger partial charge on any atom is -0.493 e. The summed E-state index contributed by atoms with van der Waals surface area (Å²) in [4.78, 5) is 35.7. The van der Waals surface area contributed by atoms with Gasteiger partial charge in [-0.05, 0) is 36.6 Å². The van der Waals surface area contributed by atoms with Crippen LogP contribution in [0.2, 0.25) is 0 Å². The van der Waals surface area contributed by atoms with Crippen molar-refractivity contribution in [3.05, 3.63) is 54.2 Å². The zero-order chi connectivity index (χ0) is 34.7. The second-order valence-corrected chi connectivity index (χ2v) is 10.9. The van der Waals surface area contributed by atoms with E-state index < -0.39 is 12.1 Å². The van der Waals surface area contributed by atoms with Gasteiger partial charge in [-0.25, -0.2) is 9.78 Å². The first kappa shape index (κ1) is 35.9. The van der Waals surface area contributed by atoms with Crippen molar-refractivity contribution in [1.82, 2.24) is 15.3 Å². The van der Waals surface area contributed by atoms with Crippen molar-refractivity contribution >= 4 is 35.0 Å². The molecule has 2 aromatic carbocycles. The van der Waals surface area contributed by atoms with Crippen LogP contribution in [0.15, 0.2) is 48.7 Å². The standard InChI is InChI=1S/C30H38N6O5.C2HF3O2/c1-38-25-17-23(18-26(39-2)28(25)40-3)33-30-31-10-9-27(34-30)36-11-5-7-22(20-36)29(37)32-19-21-6-4-8-24(16-21)35-12-14-41-15-13-35;3-2(4,5)1(6)7/h4,6,8-10,16-18,22H,5,7,11-15,19-20H2,1-3H3,(H,32,37)(H,31,33,34);(H,6,7)/t22-;/m0./s1. The number of aromatic nitrogens is 2. The summed E-state index contributed by atoms with van der Waals surface area (Å²) in [6.45, 7) is 5.19. The number of hydrogen-bond acceptors (Lipinski definition) is 11. The fraction of sp³-hybridized carbons (Fsp3) is 0.438. The molecule has 1 amide bonds. The third-order valence-corrected chi connectivity index (χ3v) is 7.67. The number of methoxy groups -OCH3 is 3. The molecule has 0 radical (unpaired) electrons. The lowest BCUT2D eigenvalue weighted by molar-refractivity contribution is -0.192. The normalized spacial score (nSPS) is 16.2. The Balaban J connectivity index is 0.000000671. The molecule has 0 spiro atoms. The van der Waals surface area contributed by atoms with Gasteiger partial charge in [0.2, 0.25) is 17.6 Å². The topological polar surface area (TPSA) is 148 Å². The molecule has 2 saturated heterocycles. The second kappa shape index (κ2) is 16.7. The van der Waals surface area contributed by atoms with Crippen molar-refractivity contribution in [2.24, 2.45) is 5.92 Å². The predicted octanol–water partition coefficient (Wildman–Crippen LogP) is 4.25. The Morgan fingerprint density at radius 3 is 2.31 bits per heavy atom. The molecule has 2 aliphatic rings. The van der Waals surface area contributed by atoms with E-state index in [4.69, 9.17) is 33.8 Å². The maximum Gasteiger partial charge on any atom is 0.490 e. The fourth-order valence-corrected chi connectivity index (χ4v) is 5.29. The quantitative estimate of drug-likeness (QED) is 0.282. The molecule has 3 N–H and O–H groups in total. The van der Waals surface area contributed by atoms with Crippen LogP contribution in [-0.2, 0) is 20.9 Å². The number of aliphatic carboxylic acids is 1. The highest BCUT2D eigenvalue weighted by Gasteiger charge is 2.38. The Labute approximate surface area is 276 Å². The minimum absolute atomic E-state index is 0.0660. The number of carbonyl (C=O) groups excluding carboxylic acids is 1. The number of carboxylic acids is 1. The Morgan fingerprint density at radius 2 is 1.69 bits per heavy atom. The Morgan fingerprint density at radius 1 is 1.00 bits per heavy atom. The van der Waals surface area contributed by atoms with Crippen LogP contribution in [0.1, 0.15) is 18.4 Å². The van der Waals surface area contributed by atoms with Crippen LogP contribution in [0.25, 0.3) is 0 Å². The summed E-state index contributed by atoms with van der Waals surface area (Å²) < 4.78 is 53.5. The summed E-state index contributed by atoms with van der Waals surface area (Å²) >= 11 is 0. The summed E-state index contributed by atoms with van der Waals surface area (Å²) in [7, 11) is 4.71. The van der Waals surface area contributed by atoms with E-state index >= 15 is 0 Å². The molecule has 3 aromatic rings. The monoisotopic (exact) mass is 676 g/mol. The number of nitrogens with zero attached hydrogens (tertiary/aromatic N) is 4. The van der Waals surface area contributed by atoms with Crippen LogP contribution in [0.4, 0.5) is 36.3 Å². The maximum atomic E-state index is 13.2. The smallest absolute Gasteiger partial charge is 0.490 e. The first-order valence-electron chi connectivity index (χ1n) is 15.2. The van der Waals surface area contributed by atoms with Crippen LogP contribution in [0, 0.1) is 5.92 Å². The van der Waals surface area contributed by atoms with Gasteiger partial charge in [0.25, 0.3) is 0 Å².